The van der Waals surface area contributed by atoms with Crippen molar-refractivity contribution < 1.29 is 9.47 Å². The Morgan fingerprint density at radius 2 is 2.08 bits per heavy atom. The number of hydrogen-bond donors (Lipinski definition) is 0. The van der Waals surface area contributed by atoms with Crippen LogP contribution < -0.4 is 9.47 Å². The second kappa shape index (κ2) is 2.87. The highest BCUT2D eigenvalue weighted by Crippen LogP contribution is 2.35. The monoisotopic (exact) mass is 184 g/mol. The molecule has 1 aliphatic heterocycles. The van der Waals surface area contributed by atoms with Crippen molar-refractivity contribution in [2.24, 2.45) is 0 Å². The Kier molecular flexibility index (Phi) is 1.85. The second-order valence-electron chi connectivity index (χ2n) is 2.77. The summed E-state index contributed by atoms with van der Waals surface area (Å²) in [7, 11) is 0. The van der Waals surface area contributed by atoms with Crippen LogP contribution in [0, 0.1) is 6.92 Å². The van der Waals surface area contributed by atoms with Crippen LogP contribution in [0.15, 0.2) is 18.2 Å². The Morgan fingerprint density at radius 1 is 1.33 bits per heavy atom. The molecule has 1 atom stereocenters. The summed E-state index contributed by atoms with van der Waals surface area (Å²) in [5.74, 6) is 1.93. The molecular weight excluding hydrogens is 176 g/mol. The van der Waals surface area contributed by atoms with Gasteiger partial charge in [0.05, 0.1) is 5.88 Å². The number of halogens is 1. The summed E-state index contributed by atoms with van der Waals surface area (Å²) in [6.45, 7) is 2.01. The Bertz CT molecular complexity index is 299. The molecule has 0 saturated heterocycles. The summed E-state index contributed by atoms with van der Waals surface area (Å²) in [6.07, 6.45) is -0.316. The highest BCUT2D eigenvalue weighted by molar-refractivity contribution is 6.18. The predicted molar refractivity (Wildman–Crippen MR) is 46.9 cm³/mol. The van der Waals surface area contributed by atoms with Crippen LogP contribution in [0.1, 0.15) is 5.56 Å². The minimum absolute atomic E-state index is 0.316. The molecule has 0 saturated carbocycles. The summed E-state index contributed by atoms with van der Waals surface area (Å²) < 4.78 is 10.7. The lowest BCUT2D eigenvalue weighted by Crippen LogP contribution is -2.19. The van der Waals surface area contributed by atoms with Crippen LogP contribution in [0.2, 0.25) is 0 Å². The fourth-order valence-corrected chi connectivity index (χ4v) is 1.30. The molecule has 3 heteroatoms. The molecule has 0 amide bonds. The summed E-state index contributed by atoms with van der Waals surface area (Å²) in [6, 6.07) is 5.83. The molecular formula is C9H9ClO2. The molecule has 0 N–H and O–H groups in total. The van der Waals surface area contributed by atoms with Crippen LogP contribution in [-0.4, -0.2) is 12.2 Å². The Balaban J connectivity index is 2.30. The van der Waals surface area contributed by atoms with E-state index < -0.39 is 0 Å². The van der Waals surface area contributed by atoms with Crippen LogP contribution in [-0.2, 0) is 0 Å². The molecule has 0 fully saturated rings. The molecule has 0 radical (unpaired) electrons. The molecule has 0 aromatic heterocycles. The molecule has 64 valence electrons. The summed E-state index contributed by atoms with van der Waals surface area (Å²) in [4.78, 5) is 0. The fraction of sp³-hybridized carbons (Fsp3) is 0.333. The molecule has 1 heterocycles. The molecule has 2 rings (SSSR count). The van der Waals surface area contributed by atoms with Gasteiger partial charge in [-0.3, -0.25) is 0 Å². The number of aryl methyl sites for hydroxylation is 1. The SMILES string of the molecule is Cc1ccc2c(c1)OC(CCl)O2. The molecule has 0 aliphatic carbocycles. The maximum absolute atomic E-state index is 5.59. The van der Waals surface area contributed by atoms with E-state index in [9.17, 15) is 0 Å². The lowest BCUT2D eigenvalue weighted by molar-refractivity contribution is 0.0711. The number of hydrogen-bond acceptors (Lipinski definition) is 2. The molecule has 1 aromatic rings. The average Bonchev–Trinajstić information content (AvgIpc) is 2.46. The van der Waals surface area contributed by atoms with Crippen molar-refractivity contribution in [3.05, 3.63) is 23.8 Å². The van der Waals surface area contributed by atoms with Crippen molar-refractivity contribution in [2.75, 3.05) is 5.88 Å². The van der Waals surface area contributed by atoms with Gasteiger partial charge in [-0.1, -0.05) is 6.07 Å². The first-order valence-electron chi connectivity index (χ1n) is 3.79. The van der Waals surface area contributed by atoms with Gasteiger partial charge in [0.15, 0.2) is 11.5 Å². The van der Waals surface area contributed by atoms with Crippen molar-refractivity contribution >= 4 is 11.6 Å². The Hall–Kier alpha value is -0.890. The number of rotatable bonds is 1. The van der Waals surface area contributed by atoms with Gasteiger partial charge in [0, 0.05) is 0 Å². The van der Waals surface area contributed by atoms with Gasteiger partial charge in [-0.05, 0) is 24.6 Å². The fourth-order valence-electron chi connectivity index (χ4n) is 1.18. The van der Waals surface area contributed by atoms with Crippen LogP contribution in [0.4, 0.5) is 0 Å². The highest BCUT2D eigenvalue weighted by atomic mass is 35.5. The minimum Gasteiger partial charge on any atom is -0.450 e. The molecule has 0 spiro atoms. The number of benzene rings is 1. The van der Waals surface area contributed by atoms with Crippen molar-refractivity contribution in [1.29, 1.82) is 0 Å². The van der Waals surface area contributed by atoms with E-state index in [1.165, 1.54) is 0 Å². The van der Waals surface area contributed by atoms with Crippen LogP contribution in [0.3, 0.4) is 0 Å². The third-order valence-corrected chi connectivity index (χ3v) is 1.99. The summed E-state index contributed by atoms with van der Waals surface area (Å²) in [5, 5.41) is 0. The van der Waals surface area contributed by atoms with Crippen molar-refractivity contribution in [3.8, 4) is 11.5 Å². The topological polar surface area (TPSA) is 18.5 Å². The van der Waals surface area contributed by atoms with E-state index in [-0.39, 0.29) is 6.29 Å². The highest BCUT2D eigenvalue weighted by Gasteiger charge is 2.22. The van der Waals surface area contributed by atoms with E-state index >= 15 is 0 Å². The lowest BCUT2D eigenvalue weighted by atomic mass is 10.2. The Morgan fingerprint density at radius 3 is 2.83 bits per heavy atom. The first-order valence-corrected chi connectivity index (χ1v) is 4.33. The smallest absolute Gasteiger partial charge is 0.254 e. The zero-order valence-corrected chi connectivity index (χ0v) is 7.47. The largest absolute Gasteiger partial charge is 0.450 e. The molecule has 0 bridgehead atoms. The van der Waals surface area contributed by atoms with Gasteiger partial charge in [0.25, 0.3) is 6.29 Å². The van der Waals surface area contributed by atoms with Gasteiger partial charge in [-0.25, -0.2) is 0 Å². The van der Waals surface area contributed by atoms with E-state index in [1.54, 1.807) is 0 Å². The van der Waals surface area contributed by atoms with E-state index in [2.05, 4.69) is 0 Å². The van der Waals surface area contributed by atoms with Crippen LogP contribution in [0.5, 0.6) is 11.5 Å². The second-order valence-corrected chi connectivity index (χ2v) is 3.08. The van der Waals surface area contributed by atoms with Gasteiger partial charge in [0.1, 0.15) is 0 Å². The van der Waals surface area contributed by atoms with Gasteiger partial charge in [0.2, 0.25) is 0 Å². The van der Waals surface area contributed by atoms with Gasteiger partial charge in [-0.15, -0.1) is 11.6 Å². The van der Waals surface area contributed by atoms with E-state index in [1.807, 2.05) is 25.1 Å². The molecule has 1 unspecified atom stereocenters. The number of fused-ring (bicyclic) bond motifs is 1. The van der Waals surface area contributed by atoms with Crippen molar-refractivity contribution in [2.45, 2.75) is 13.2 Å². The Labute approximate surface area is 76.1 Å². The minimum atomic E-state index is -0.316. The zero-order valence-electron chi connectivity index (χ0n) is 6.71. The zero-order chi connectivity index (χ0) is 8.55. The lowest BCUT2D eigenvalue weighted by Gasteiger charge is -2.03. The quantitative estimate of drug-likeness (QED) is 0.624. The van der Waals surface area contributed by atoms with E-state index in [0.29, 0.717) is 5.88 Å². The summed E-state index contributed by atoms with van der Waals surface area (Å²) >= 11 is 5.59. The summed E-state index contributed by atoms with van der Waals surface area (Å²) in [5.41, 5.74) is 1.16. The molecule has 2 nitrogen and oxygen atoms in total. The number of alkyl halides is 1. The molecule has 12 heavy (non-hydrogen) atoms. The predicted octanol–water partition coefficient (Wildman–Crippen LogP) is 2.33. The molecule has 1 aromatic carbocycles. The van der Waals surface area contributed by atoms with Crippen molar-refractivity contribution in [3.63, 3.8) is 0 Å². The van der Waals surface area contributed by atoms with Crippen LogP contribution >= 0.6 is 11.6 Å². The van der Waals surface area contributed by atoms with Gasteiger partial charge < -0.3 is 9.47 Å². The van der Waals surface area contributed by atoms with Crippen molar-refractivity contribution in [1.82, 2.24) is 0 Å². The maximum atomic E-state index is 5.59. The normalized spacial score (nSPS) is 19.7. The average molecular weight is 185 g/mol. The first-order chi connectivity index (χ1) is 5.79. The standard InChI is InChI=1S/C9H9ClO2/c1-6-2-3-7-8(4-6)12-9(5-10)11-7/h2-4,9H,5H2,1H3. The van der Waals surface area contributed by atoms with E-state index in [0.717, 1.165) is 17.1 Å². The van der Waals surface area contributed by atoms with Crippen LogP contribution in [0.25, 0.3) is 0 Å². The van der Waals surface area contributed by atoms with Gasteiger partial charge in [-0.2, -0.15) is 0 Å². The third kappa shape index (κ3) is 1.23. The van der Waals surface area contributed by atoms with E-state index in [4.69, 9.17) is 21.1 Å². The maximum Gasteiger partial charge on any atom is 0.254 e. The number of ether oxygens (including phenoxy) is 2. The third-order valence-electron chi connectivity index (χ3n) is 1.74. The first kappa shape index (κ1) is 7.74. The van der Waals surface area contributed by atoms with Gasteiger partial charge >= 0.3 is 0 Å². The molecule has 1 aliphatic rings.